The van der Waals surface area contributed by atoms with E-state index in [1.54, 1.807) is 6.92 Å². The van der Waals surface area contributed by atoms with Gasteiger partial charge in [0, 0.05) is 12.3 Å². The minimum Gasteiger partial charge on any atom is -0.382 e. The van der Waals surface area contributed by atoms with Gasteiger partial charge in [0.15, 0.2) is 5.78 Å². The van der Waals surface area contributed by atoms with E-state index in [1.165, 1.54) is 6.92 Å². The Kier molecular flexibility index (Phi) is 14.7. The van der Waals surface area contributed by atoms with Gasteiger partial charge in [-0.1, -0.05) is 102 Å². The molecule has 0 aliphatic rings. The average Bonchev–Trinajstić information content (AvgIpc) is 2.98. The molecule has 0 radical (unpaired) electrons. The monoisotopic (exact) mass is 607 g/mol. The highest BCUT2D eigenvalue weighted by Gasteiger charge is 2.37. The quantitative estimate of drug-likeness (QED) is 0.194. The molecule has 0 saturated heterocycles. The molecule has 3 amide bonds. The van der Waals surface area contributed by atoms with Crippen LogP contribution in [0.2, 0.25) is 0 Å². The van der Waals surface area contributed by atoms with Gasteiger partial charge in [-0.25, -0.2) is 0 Å². The van der Waals surface area contributed by atoms with Gasteiger partial charge in [0.05, 0.1) is 6.04 Å². The van der Waals surface area contributed by atoms with Crippen LogP contribution in [0.1, 0.15) is 85.3 Å². The number of Topliss-reactive ketones (excluding diaryl/α,β-unsaturated/α-hetero) is 1. The van der Waals surface area contributed by atoms with Crippen LogP contribution in [0.25, 0.3) is 0 Å². The molecule has 0 fully saturated rings. The first-order chi connectivity index (χ1) is 20.7. The van der Waals surface area contributed by atoms with Gasteiger partial charge in [0.25, 0.3) is 0 Å². The summed E-state index contributed by atoms with van der Waals surface area (Å²) in [6, 6.07) is 16.5. The Morgan fingerprint density at radius 1 is 0.682 bits per heavy atom. The van der Waals surface area contributed by atoms with Gasteiger partial charge in [-0.05, 0) is 62.0 Å². The normalized spacial score (nSPS) is 15.5. The van der Waals surface area contributed by atoms with Crippen molar-refractivity contribution in [2.45, 2.75) is 111 Å². The van der Waals surface area contributed by atoms with Crippen LogP contribution in [-0.4, -0.2) is 52.3 Å². The van der Waals surface area contributed by atoms with Crippen molar-refractivity contribution in [3.05, 3.63) is 71.8 Å². The highest BCUT2D eigenvalue weighted by atomic mass is 16.3. The van der Waals surface area contributed by atoms with Crippen LogP contribution in [0.5, 0.6) is 0 Å². The molecule has 0 aliphatic heterocycles. The number of aliphatic hydroxyl groups is 1. The predicted octanol–water partition coefficient (Wildman–Crippen LogP) is 4.77. The van der Waals surface area contributed by atoms with E-state index in [0.29, 0.717) is 19.3 Å². The number of benzene rings is 2. The molecule has 0 aromatic heterocycles. The topological polar surface area (TPSA) is 125 Å². The van der Waals surface area contributed by atoms with Gasteiger partial charge < -0.3 is 21.1 Å². The first kappa shape index (κ1) is 36.7. The van der Waals surface area contributed by atoms with Gasteiger partial charge in [0.1, 0.15) is 17.7 Å². The van der Waals surface area contributed by atoms with Crippen molar-refractivity contribution in [1.82, 2.24) is 16.0 Å². The van der Waals surface area contributed by atoms with Crippen molar-refractivity contribution in [1.29, 1.82) is 0 Å². The summed E-state index contributed by atoms with van der Waals surface area (Å²) in [5.41, 5.74) is 0.391. The first-order valence-corrected chi connectivity index (χ1v) is 16.0. The maximum atomic E-state index is 13.7. The van der Waals surface area contributed by atoms with E-state index < -0.39 is 41.3 Å². The molecule has 2 rings (SSSR count). The van der Waals surface area contributed by atoms with Crippen molar-refractivity contribution in [2.75, 3.05) is 0 Å². The van der Waals surface area contributed by atoms with E-state index in [2.05, 4.69) is 16.0 Å². The van der Waals surface area contributed by atoms with E-state index in [-0.39, 0.29) is 36.5 Å². The van der Waals surface area contributed by atoms with Crippen LogP contribution in [0.15, 0.2) is 60.7 Å². The van der Waals surface area contributed by atoms with E-state index in [4.69, 9.17) is 0 Å². The summed E-state index contributed by atoms with van der Waals surface area (Å²) < 4.78 is 0. The number of carbonyl (C=O) groups is 4. The summed E-state index contributed by atoms with van der Waals surface area (Å²) in [5.74, 6) is -1.76. The molecule has 242 valence electrons. The second-order valence-electron chi connectivity index (χ2n) is 13.0. The molecule has 0 saturated carbocycles. The largest absolute Gasteiger partial charge is 0.382 e. The van der Waals surface area contributed by atoms with Crippen LogP contribution in [0.3, 0.4) is 0 Å². The number of amides is 3. The second kappa shape index (κ2) is 17.7. The van der Waals surface area contributed by atoms with Crippen LogP contribution in [0, 0.1) is 17.8 Å². The Bertz CT molecular complexity index is 1200. The fourth-order valence-corrected chi connectivity index (χ4v) is 5.03. The molecule has 4 N–H and O–H groups in total. The van der Waals surface area contributed by atoms with Crippen molar-refractivity contribution in [3.63, 3.8) is 0 Å². The summed E-state index contributed by atoms with van der Waals surface area (Å²) in [7, 11) is 0. The minimum absolute atomic E-state index is 0.0774. The molecule has 8 heteroatoms. The zero-order chi connectivity index (χ0) is 32.9. The van der Waals surface area contributed by atoms with Crippen molar-refractivity contribution in [2.24, 2.45) is 17.8 Å². The minimum atomic E-state index is -1.59. The van der Waals surface area contributed by atoms with E-state index in [1.807, 2.05) is 95.3 Å². The molecular formula is C36H53N3O5. The summed E-state index contributed by atoms with van der Waals surface area (Å²) in [6.45, 7) is 12.9. The lowest BCUT2D eigenvalue weighted by Crippen LogP contribution is -2.58. The summed E-state index contributed by atoms with van der Waals surface area (Å²) in [5, 5.41) is 19.3. The van der Waals surface area contributed by atoms with Crippen molar-refractivity contribution < 1.29 is 24.3 Å². The molecule has 44 heavy (non-hydrogen) atoms. The van der Waals surface area contributed by atoms with Gasteiger partial charge in [-0.15, -0.1) is 0 Å². The van der Waals surface area contributed by atoms with E-state index in [9.17, 15) is 24.3 Å². The Morgan fingerprint density at radius 2 is 1.14 bits per heavy atom. The number of aryl methyl sites for hydroxylation is 1. The van der Waals surface area contributed by atoms with Crippen LogP contribution in [-0.2, 0) is 32.0 Å². The van der Waals surface area contributed by atoms with Crippen molar-refractivity contribution in [3.8, 4) is 0 Å². The second-order valence-corrected chi connectivity index (χ2v) is 13.0. The zero-order valence-electron chi connectivity index (χ0n) is 27.6. The fraction of sp³-hybridized carbons (Fsp3) is 0.556. The van der Waals surface area contributed by atoms with E-state index in [0.717, 1.165) is 17.5 Å². The molecular weight excluding hydrogens is 554 g/mol. The van der Waals surface area contributed by atoms with E-state index >= 15 is 0 Å². The molecule has 2 aromatic rings. The summed E-state index contributed by atoms with van der Waals surface area (Å²) >= 11 is 0. The fourth-order valence-electron chi connectivity index (χ4n) is 5.03. The van der Waals surface area contributed by atoms with Gasteiger partial charge >= 0.3 is 0 Å². The van der Waals surface area contributed by atoms with Crippen molar-refractivity contribution >= 4 is 23.5 Å². The SMILES string of the molecule is CCC(C)(O)C(=O)[C@H](CC(C)C)NC(=O)[C@H](Cc1ccccc1)NC(=O)[C@H](CC(C)C)NC(=O)[C@@H](C)CCc1ccccc1. The van der Waals surface area contributed by atoms with Gasteiger partial charge in [-0.2, -0.15) is 0 Å². The molecule has 0 spiro atoms. The molecule has 2 aromatic carbocycles. The Labute approximate surface area is 263 Å². The number of hydrogen-bond donors (Lipinski definition) is 4. The average molecular weight is 608 g/mol. The molecule has 5 atom stereocenters. The van der Waals surface area contributed by atoms with Crippen LogP contribution < -0.4 is 16.0 Å². The smallest absolute Gasteiger partial charge is 0.243 e. The third-order valence-corrected chi connectivity index (χ3v) is 7.97. The van der Waals surface area contributed by atoms with Gasteiger partial charge in [0.2, 0.25) is 17.7 Å². The highest BCUT2D eigenvalue weighted by molar-refractivity contribution is 5.97. The Hall–Kier alpha value is -3.52. The molecule has 8 nitrogen and oxygen atoms in total. The third-order valence-electron chi connectivity index (χ3n) is 7.97. The molecule has 0 aliphatic carbocycles. The molecule has 0 bridgehead atoms. The van der Waals surface area contributed by atoms with Crippen LogP contribution >= 0.6 is 0 Å². The summed E-state index contributed by atoms with van der Waals surface area (Å²) in [6.07, 6.45) is 2.53. The number of carbonyl (C=O) groups excluding carboxylic acids is 4. The standard InChI is InChI=1S/C36H53N3O5/c1-8-36(7,44)32(40)29(21-24(2)3)37-35(43)31(23-28-17-13-10-14-18-28)39-34(42)30(22-25(4)5)38-33(41)26(6)19-20-27-15-11-9-12-16-27/h9-18,24-26,29-31,44H,8,19-23H2,1-7H3,(H,37,43)(H,38,41)(H,39,42)/t26-,29-,30-,31-,36?/m0/s1. The number of ketones is 1. The van der Waals surface area contributed by atoms with Gasteiger partial charge in [-0.3, -0.25) is 19.2 Å². The lowest BCUT2D eigenvalue weighted by Gasteiger charge is -2.30. The zero-order valence-corrected chi connectivity index (χ0v) is 27.6. The summed E-state index contributed by atoms with van der Waals surface area (Å²) in [4.78, 5) is 53.9. The highest BCUT2D eigenvalue weighted by Crippen LogP contribution is 2.18. The predicted molar refractivity (Wildman–Crippen MR) is 175 cm³/mol. The van der Waals surface area contributed by atoms with Crippen LogP contribution in [0.4, 0.5) is 0 Å². The maximum Gasteiger partial charge on any atom is 0.243 e. The molecule has 0 heterocycles. The number of rotatable bonds is 18. The Balaban J connectivity index is 2.24. The lowest BCUT2D eigenvalue weighted by molar-refractivity contribution is -0.141. The number of nitrogens with one attached hydrogen (secondary N) is 3. The maximum absolute atomic E-state index is 13.7. The lowest BCUT2D eigenvalue weighted by atomic mass is 9.88. The third kappa shape index (κ3) is 12.2. The Morgan fingerprint density at radius 3 is 1.66 bits per heavy atom. The molecule has 1 unspecified atom stereocenters. The first-order valence-electron chi connectivity index (χ1n) is 16.0. The number of hydrogen-bond acceptors (Lipinski definition) is 5.